The van der Waals surface area contributed by atoms with Gasteiger partial charge >= 0.3 is 11.9 Å². The van der Waals surface area contributed by atoms with Gasteiger partial charge in [0.1, 0.15) is 18.1 Å². The molecule has 336 valence electrons. The number of thioether (sulfide) groups is 1. The zero-order chi connectivity index (χ0) is 46.6. The van der Waals surface area contributed by atoms with Crippen molar-refractivity contribution in [2.75, 3.05) is 32.9 Å². The van der Waals surface area contributed by atoms with Crippen molar-refractivity contribution in [1.82, 2.24) is 31.1 Å². The number of imide groups is 1. The third kappa shape index (κ3) is 14.4. The van der Waals surface area contributed by atoms with Gasteiger partial charge in [0.25, 0.3) is 0 Å². The number of aliphatic carboxylic acids is 2. The number of nitriles is 1. The van der Waals surface area contributed by atoms with Gasteiger partial charge < -0.3 is 42.1 Å². The smallest absolute Gasteiger partial charge is 0.326 e. The van der Waals surface area contributed by atoms with Crippen LogP contribution in [0.2, 0.25) is 0 Å². The molecule has 0 saturated carbocycles. The molecular weight excluding hydrogens is 809 g/mol. The molecule has 0 radical (unpaired) electrons. The largest absolute Gasteiger partial charge is 0.480 e. The summed E-state index contributed by atoms with van der Waals surface area (Å²) in [5, 5.41) is 38.5. The van der Waals surface area contributed by atoms with E-state index in [1.54, 1.807) is 38.4 Å². The Morgan fingerprint density at radius 2 is 1.69 bits per heavy atom. The molecule has 1 saturated heterocycles. The van der Waals surface area contributed by atoms with Crippen LogP contribution in [0.25, 0.3) is 0 Å². The number of hydrogen-bond donors (Lipinski definition) is 7. The van der Waals surface area contributed by atoms with Crippen LogP contribution in [-0.2, 0) is 43.8 Å². The number of benzene rings is 1. The molecule has 0 spiro atoms. The Bertz CT molecular complexity index is 1890. The van der Waals surface area contributed by atoms with Crippen molar-refractivity contribution in [3.05, 3.63) is 47.0 Å². The Morgan fingerprint density at radius 3 is 2.23 bits per heavy atom. The molecule has 1 aromatic carbocycles. The minimum absolute atomic E-state index is 0.0610. The predicted molar refractivity (Wildman–Crippen MR) is 229 cm³/mol. The highest BCUT2D eigenvalue weighted by Gasteiger charge is 2.42. The topological polar surface area (TPSA) is 281 Å². The van der Waals surface area contributed by atoms with Crippen LogP contribution in [0, 0.1) is 22.7 Å². The molecule has 61 heavy (non-hydrogen) atoms. The lowest BCUT2D eigenvalue weighted by Gasteiger charge is -2.40. The highest BCUT2D eigenvalue weighted by Crippen LogP contribution is 2.30. The summed E-state index contributed by atoms with van der Waals surface area (Å²) in [5.41, 5.74) is 5.25. The quantitative estimate of drug-likeness (QED) is 0.0636. The van der Waals surface area contributed by atoms with E-state index in [1.165, 1.54) is 11.8 Å². The lowest BCUT2D eigenvalue weighted by molar-refractivity contribution is -0.142. The summed E-state index contributed by atoms with van der Waals surface area (Å²) in [6.07, 6.45) is 0.835. The summed E-state index contributed by atoms with van der Waals surface area (Å²) in [6.45, 7) is 14.1. The first kappa shape index (κ1) is 51.8. The second-order valence-electron chi connectivity index (χ2n) is 17.1. The van der Waals surface area contributed by atoms with Crippen molar-refractivity contribution >= 4 is 59.1 Å². The first-order valence-corrected chi connectivity index (χ1v) is 21.0. The molecule has 1 aliphatic rings. The van der Waals surface area contributed by atoms with Crippen molar-refractivity contribution in [3.63, 3.8) is 0 Å². The van der Waals surface area contributed by atoms with Crippen molar-refractivity contribution < 1.29 is 48.6 Å². The van der Waals surface area contributed by atoms with Gasteiger partial charge in [0.05, 0.1) is 29.0 Å². The molecule has 1 aromatic rings. The first-order chi connectivity index (χ1) is 28.3. The normalized spacial score (nSPS) is 17.1. The van der Waals surface area contributed by atoms with Crippen molar-refractivity contribution in [3.8, 4) is 6.07 Å². The molecule has 0 aliphatic carbocycles. The molecule has 1 aliphatic heterocycles. The number of nitrogens with zero attached hydrogens (tertiary/aromatic N) is 3. The van der Waals surface area contributed by atoms with Crippen LogP contribution in [-0.4, -0.2) is 136 Å². The standard InChI is InChI=1S/C42H62N8O10S/c1-23(2)29(49(10)38(56)34(41(4,5)6)48-36(54)33(45-9)42(7,8)26-13-11-12-25(19-26)21-43)18-24(3)35(53)47-28(40(59)60)14-15-31(51)46-16-17-50-32(52)20-30(37(50)55)61-22-27(44)39(57)58/h11-13,18-19,23,27-30,33-34,45H,14-17,20,22,44H2,1-10H3,(H,46,51)(H,47,53)(H,48,54)(H,57,58)(H,59,60)/b24-18+/t27-,28+,29+,30?,33+,34+/m0/s1. The second kappa shape index (κ2) is 22.5. The number of carbonyl (C=O) groups is 8. The Balaban J connectivity index is 2.10. The SMILES string of the molecule is CN[C@H](C(=O)N[C@H](C(=O)N(C)[C@H](/C=C(\C)C(=O)N[C@H](CCC(=O)NCCN1C(=O)CC(SC[C@H](N)C(=O)O)C1=O)C(=O)O)C(C)C)C(C)(C)C)C(C)(C)c1cccc(C#N)c1. The maximum atomic E-state index is 14.3. The lowest BCUT2D eigenvalue weighted by Crippen LogP contribution is -2.61. The van der Waals surface area contributed by atoms with Crippen LogP contribution >= 0.6 is 11.8 Å². The number of carboxylic acid groups (broad SMARTS) is 2. The number of nitrogens with two attached hydrogens (primary N) is 1. The molecule has 1 fully saturated rings. The Hall–Kier alpha value is -5.32. The van der Waals surface area contributed by atoms with Gasteiger partial charge in [-0.15, -0.1) is 11.8 Å². The minimum Gasteiger partial charge on any atom is -0.480 e. The Morgan fingerprint density at radius 1 is 1.05 bits per heavy atom. The fourth-order valence-corrected chi connectivity index (χ4v) is 7.91. The summed E-state index contributed by atoms with van der Waals surface area (Å²) in [6, 6.07) is 3.99. The molecule has 6 amide bonds. The van der Waals surface area contributed by atoms with E-state index in [9.17, 15) is 48.7 Å². The van der Waals surface area contributed by atoms with E-state index in [4.69, 9.17) is 10.8 Å². The van der Waals surface area contributed by atoms with Crippen LogP contribution < -0.4 is 27.0 Å². The lowest BCUT2D eigenvalue weighted by atomic mass is 9.76. The molecule has 0 aromatic heterocycles. The molecule has 19 heteroatoms. The van der Waals surface area contributed by atoms with E-state index in [0.29, 0.717) is 5.56 Å². The van der Waals surface area contributed by atoms with E-state index < -0.39 is 93.7 Å². The van der Waals surface area contributed by atoms with Crippen molar-refractivity contribution in [2.24, 2.45) is 17.1 Å². The number of likely N-dealkylation sites (N-methyl/N-ethyl adjacent to an activating group) is 2. The van der Waals surface area contributed by atoms with E-state index in [-0.39, 0.29) is 49.6 Å². The molecule has 8 N–H and O–H groups in total. The third-order valence-electron chi connectivity index (χ3n) is 10.6. The third-order valence-corrected chi connectivity index (χ3v) is 11.9. The summed E-state index contributed by atoms with van der Waals surface area (Å²) >= 11 is 0.970. The summed E-state index contributed by atoms with van der Waals surface area (Å²) in [4.78, 5) is 105. The fraction of sp³-hybridized carbons (Fsp3) is 0.595. The van der Waals surface area contributed by atoms with Crippen molar-refractivity contribution in [2.45, 2.75) is 116 Å². The van der Waals surface area contributed by atoms with Gasteiger partial charge in [0.15, 0.2) is 0 Å². The van der Waals surface area contributed by atoms with Gasteiger partial charge in [-0.2, -0.15) is 5.26 Å². The monoisotopic (exact) mass is 870 g/mol. The van der Waals surface area contributed by atoms with Crippen LogP contribution in [0.4, 0.5) is 0 Å². The van der Waals surface area contributed by atoms with Gasteiger partial charge in [-0.3, -0.25) is 38.5 Å². The molecule has 18 nitrogen and oxygen atoms in total. The molecular formula is C42H62N8O10S. The highest BCUT2D eigenvalue weighted by atomic mass is 32.2. The number of rotatable bonds is 22. The Kier molecular flexibility index (Phi) is 19.1. The number of carboxylic acids is 2. The fourth-order valence-electron chi connectivity index (χ4n) is 6.79. The average molecular weight is 871 g/mol. The van der Waals surface area contributed by atoms with Gasteiger partial charge in [-0.05, 0) is 49.4 Å². The van der Waals surface area contributed by atoms with Gasteiger partial charge in [0, 0.05) is 49.7 Å². The zero-order valence-corrected chi connectivity index (χ0v) is 37.5. The maximum absolute atomic E-state index is 14.3. The minimum atomic E-state index is -1.46. The maximum Gasteiger partial charge on any atom is 0.326 e. The molecule has 1 heterocycles. The van der Waals surface area contributed by atoms with Crippen LogP contribution in [0.15, 0.2) is 35.9 Å². The average Bonchev–Trinajstić information content (AvgIpc) is 3.45. The van der Waals surface area contributed by atoms with Crippen molar-refractivity contribution in [1.29, 1.82) is 5.26 Å². The molecule has 6 atom stereocenters. The highest BCUT2D eigenvalue weighted by molar-refractivity contribution is 8.00. The molecule has 1 unspecified atom stereocenters. The van der Waals surface area contributed by atoms with Gasteiger partial charge in [0.2, 0.25) is 35.4 Å². The van der Waals surface area contributed by atoms with Crippen LogP contribution in [0.1, 0.15) is 85.8 Å². The van der Waals surface area contributed by atoms with E-state index >= 15 is 0 Å². The summed E-state index contributed by atoms with van der Waals surface area (Å²) in [5.74, 6) is -6.07. The van der Waals surface area contributed by atoms with E-state index in [0.717, 1.165) is 22.2 Å². The zero-order valence-electron chi connectivity index (χ0n) is 36.7. The predicted octanol–water partition coefficient (Wildman–Crippen LogP) is 1.12. The van der Waals surface area contributed by atoms with E-state index in [2.05, 4.69) is 27.3 Å². The second-order valence-corrected chi connectivity index (χ2v) is 18.3. The number of likely N-dealkylation sites (tertiary alicyclic amines) is 1. The van der Waals surface area contributed by atoms with Gasteiger partial charge in [-0.1, -0.05) is 66.7 Å². The molecule has 0 bridgehead atoms. The number of amides is 6. The van der Waals surface area contributed by atoms with Crippen LogP contribution in [0.5, 0.6) is 0 Å². The number of nitrogens with one attached hydrogen (secondary N) is 4. The van der Waals surface area contributed by atoms with E-state index in [1.807, 2.05) is 54.5 Å². The summed E-state index contributed by atoms with van der Waals surface area (Å²) in [7, 11) is 3.21. The molecule has 2 rings (SSSR count). The first-order valence-electron chi connectivity index (χ1n) is 20.0. The Labute approximate surface area is 361 Å². The van der Waals surface area contributed by atoms with Crippen LogP contribution in [0.3, 0.4) is 0 Å². The summed E-state index contributed by atoms with van der Waals surface area (Å²) < 4.78 is 0. The number of carbonyl (C=O) groups excluding carboxylic acids is 6. The van der Waals surface area contributed by atoms with Gasteiger partial charge in [-0.25, -0.2) is 4.79 Å². The number of hydrogen-bond acceptors (Lipinski definition) is 12.